The summed E-state index contributed by atoms with van der Waals surface area (Å²) in [5, 5.41) is 0.989. The Bertz CT molecular complexity index is 1090. The Morgan fingerprint density at radius 1 is 0.926 bits per heavy atom. The summed E-state index contributed by atoms with van der Waals surface area (Å²) in [7, 11) is 3.72. The van der Waals surface area contributed by atoms with Crippen molar-refractivity contribution in [2.45, 2.75) is 19.8 Å². The van der Waals surface area contributed by atoms with E-state index in [1.807, 2.05) is 50.4 Å². The molecule has 0 bridgehead atoms. The molecule has 0 atom stereocenters. The molecule has 2 aromatic heterocycles. The van der Waals surface area contributed by atoms with Crippen LogP contribution in [-0.4, -0.2) is 26.6 Å². The monoisotopic (exact) mass is 358 g/mol. The van der Waals surface area contributed by atoms with Gasteiger partial charge in [0.25, 0.3) is 0 Å². The van der Waals surface area contributed by atoms with Gasteiger partial charge in [0.1, 0.15) is 17.4 Å². The van der Waals surface area contributed by atoms with Gasteiger partial charge in [-0.3, -0.25) is 0 Å². The lowest BCUT2D eigenvalue weighted by molar-refractivity contribution is 0.419. The normalized spacial score (nSPS) is 11.1. The minimum absolute atomic E-state index is 0.774. The molecule has 0 aliphatic heterocycles. The predicted octanol–water partition coefficient (Wildman–Crippen LogP) is 4.13. The molecule has 0 aliphatic rings. The number of methoxy groups -OCH3 is 1. The maximum Gasteiger partial charge on any atom is 0.130 e. The van der Waals surface area contributed by atoms with Gasteiger partial charge in [0.2, 0.25) is 0 Å². The van der Waals surface area contributed by atoms with E-state index in [1.165, 1.54) is 0 Å². The van der Waals surface area contributed by atoms with Crippen molar-refractivity contribution < 1.29 is 4.74 Å². The number of hydrogen-bond donors (Lipinski definition) is 0. The summed E-state index contributed by atoms with van der Waals surface area (Å²) >= 11 is 0. The van der Waals surface area contributed by atoms with Gasteiger partial charge in [0.15, 0.2) is 0 Å². The van der Waals surface area contributed by atoms with Crippen LogP contribution in [0.3, 0.4) is 0 Å². The van der Waals surface area contributed by atoms with Gasteiger partial charge in [-0.15, -0.1) is 0 Å². The Labute approximate surface area is 158 Å². The molecule has 0 spiro atoms. The highest BCUT2D eigenvalue weighted by atomic mass is 16.5. The number of nitrogens with zero attached hydrogens (tertiary/aromatic N) is 4. The van der Waals surface area contributed by atoms with Crippen molar-refractivity contribution in [1.29, 1.82) is 0 Å². The van der Waals surface area contributed by atoms with E-state index in [0.717, 1.165) is 58.1 Å². The first-order chi connectivity index (χ1) is 13.2. The largest absolute Gasteiger partial charge is 0.496 e. The molecule has 27 heavy (non-hydrogen) atoms. The smallest absolute Gasteiger partial charge is 0.130 e. The van der Waals surface area contributed by atoms with E-state index in [9.17, 15) is 0 Å². The molecule has 2 aromatic carbocycles. The van der Waals surface area contributed by atoms with Crippen LogP contribution in [0.5, 0.6) is 5.75 Å². The van der Waals surface area contributed by atoms with Crippen molar-refractivity contribution in [2.75, 3.05) is 7.11 Å². The zero-order chi connectivity index (χ0) is 18.8. The Hall–Kier alpha value is -3.21. The van der Waals surface area contributed by atoms with Crippen molar-refractivity contribution in [1.82, 2.24) is 19.5 Å². The quantitative estimate of drug-likeness (QED) is 0.538. The van der Waals surface area contributed by atoms with E-state index >= 15 is 0 Å². The fraction of sp³-hybridized carbons (Fsp3) is 0.227. The molecule has 4 rings (SSSR count). The molecule has 5 heteroatoms. The Balaban J connectivity index is 1.66. The average Bonchev–Trinajstić information content (AvgIpc) is 3.06. The minimum Gasteiger partial charge on any atom is -0.496 e. The Kier molecular flexibility index (Phi) is 4.59. The fourth-order valence-electron chi connectivity index (χ4n) is 3.42. The van der Waals surface area contributed by atoms with Crippen LogP contribution in [0.1, 0.15) is 17.3 Å². The second kappa shape index (κ2) is 7.19. The third-order valence-corrected chi connectivity index (χ3v) is 4.72. The summed E-state index contributed by atoms with van der Waals surface area (Å²) in [5.41, 5.74) is 4.04. The SMILES string of the molecule is COc1cccc2nc(C)nc(CCc3nc(-c4ccccc4)cn3C)c12. The second-order valence-corrected chi connectivity index (χ2v) is 6.59. The number of fused-ring (bicyclic) bond motifs is 1. The maximum absolute atomic E-state index is 5.54. The van der Waals surface area contributed by atoms with Gasteiger partial charge in [-0.05, 0) is 25.5 Å². The number of benzene rings is 2. The molecule has 0 fully saturated rings. The van der Waals surface area contributed by atoms with Gasteiger partial charge < -0.3 is 9.30 Å². The highest BCUT2D eigenvalue weighted by Crippen LogP contribution is 2.28. The van der Waals surface area contributed by atoms with Crippen LogP contribution < -0.4 is 4.74 Å². The first-order valence-corrected chi connectivity index (χ1v) is 9.03. The lowest BCUT2D eigenvalue weighted by Gasteiger charge is -2.10. The Morgan fingerprint density at radius 2 is 1.74 bits per heavy atom. The van der Waals surface area contributed by atoms with Crippen molar-refractivity contribution in [3.63, 3.8) is 0 Å². The topological polar surface area (TPSA) is 52.8 Å². The number of rotatable bonds is 5. The standard InChI is InChI=1S/C22H22N4O/c1-15-23-17-10-7-11-20(27-3)22(17)18(24-15)12-13-21-25-19(14-26(21)2)16-8-5-4-6-9-16/h4-11,14H,12-13H2,1-3H3. The molecular weight excluding hydrogens is 336 g/mol. The molecular formula is C22H22N4O. The van der Waals surface area contributed by atoms with Gasteiger partial charge in [-0.25, -0.2) is 15.0 Å². The fourth-order valence-corrected chi connectivity index (χ4v) is 3.42. The van der Waals surface area contributed by atoms with Crippen molar-refractivity contribution in [3.8, 4) is 17.0 Å². The number of ether oxygens (including phenoxy) is 1. The Morgan fingerprint density at radius 3 is 2.52 bits per heavy atom. The number of aryl methyl sites for hydroxylation is 4. The highest BCUT2D eigenvalue weighted by Gasteiger charge is 2.13. The number of hydrogen-bond acceptors (Lipinski definition) is 4. The molecule has 136 valence electrons. The zero-order valence-corrected chi connectivity index (χ0v) is 15.8. The molecule has 0 aliphatic carbocycles. The van der Waals surface area contributed by atoms with Crippen molar-refractivity contribution in [3.05, 3.63) is 72.1 Å². The molecule has 0 unspecified atom stereocenters. The maximum atomic E-state index is 5.54. The highest BCUT2D eigenvalue weighted by molar-refractivity contribution is 5.87. The number of aromatic nitrogens is 4. The summed E-state index contributed by atoms with van der Waals surface area (Å²) in [6.07, 6.45) is 3.65. The van der Waals surface area contributed by atoms with Gasteiger partial charge in [-0.2, -0.15) is 0 Å². The van der Waals surface area contributed by atoms with Crippen LogP contribution in [0, 0.1) is 6.92 Å². The van der Waals surface area contributed by atoms with Crippen LogP contribution in [0.25, 0.3) is 22.2 Å². The summed E-state index contributed by atoms with van der Waals surface area (Å²) < 4.78 is 7.64. The van der Waals surface area contributed by atoms with Gasteiger partial charge >= 0.3 is 0 Å². The van der Waals surface area contributed by atoms with E-state index in [-0.39, 0.29) is 0 Å². The second-order valence-electron chi connectivity index (χ2n) is 6.59. The summed E-state index contributed by atoms with van der Waals surface area (Å²) in [4.78, 5) is 14.1. The van der Waals surface area contributed by atoms with Gasteiger partial charge in [0, 0.05) is 25.2 Å². The molecule has 2 heterocycles. The van der Waals surface area contributed by atoms with E-state index < -0.39 is 0 Å². The molecule has 0 radical (unpaired) electrons. The predicted molar refractivity (Wildman–Crippen MR) is 107 cm³/mol. The average molecular weight is 358 g/mol. The van der Waals surface area contributed by atoms with Crippen LogP contribution in [-0.2, 0) is 19.9 Å². The summed E-state index contributed by atoms with van der Waals surface area (Å²) in [5.74, 6) is 2.62. The summed E-state index contributed by atoms with van der Waals surface area (Å²) in [6.45, 7) is 1.93. The van der Waals surface area contributed by atoms with Crippen molar-refractivity contribution >= 4 is 10.9 Å². The van der Waals surface area contributed by atoms with Crippen LogP contribution in [0.2, 0.25) is 0 Å². The summed E-state index contributed by atoms with van der Waals surface area (Å²) in [6, 6.07) is 16.2. The van der Waals surface area contributed by atoms with E-state index in [4.69, 9.17) is 14.7 Å². The molecule has 4 aromatic rings. The van der Waals surface area contributed by atoms with E-state index in [2.05, 4.69) is 27.9 Å². The third kappa shape index (κ3) is 3.40. The molecule has 0 amide bonds. The zero-order valence-electron chi connectivity index (χ0n) is 15.8. The van der Waals surface area contributed by atoms with E-state index in [1.54, 1.807) is 7.11 Å². The third-order valence-electron chi connectivity index (χ3n) is 4.72. The van der Waals surface area contributed by atoms with E-state index in [0.29, 0.717) is 0 Å². The molecule has 0 saturated heterocycles. The lowest BCUT2D eigenvalue weighted by atomic mass is 10.1. The first kappa shape index (κ1) is 17.2. The number of imidazole rings is 1. The molecule has 5 nitrogen and oxygen atoms in total. The minimum atomic E-state index is 0.774. The van der Waals surface area contributed by atoms with Crippen LogP contribution in [0.15, 0.2) is 54.7 Å². The lowest BCUT2D eigenvalue weighted by Crippen LogP contribution is -2.04. The first-order valence-electron chi connectivity index (χ1n) is 9.03. The van der Waals surface area contributed by atoms with Gasteiger partial charge in [-0.1, -0.05) is 36.4 Å². The van der Waals surface area contributed by atoms with Crippen molar-refractivity contribution in [2.24, 2.45) is 7.05 Å². The van der Waals surface area contributed by atoms with Crippen LogP contribution >= 0.6 is 0 Å². The molecule has 0 N–H and O–H groups in total. The molecule has 0 saturated carbocycles. The van der Waals surface area contributed by atoms with Gasteiger partial charge in [0.05, 0.1) is 29.4 Å². The van der Waals surface area contributed by atoms with Crippen LogP contribution in [0.4, 0.5) is 0 Å².